The quantitative estimate of drug-likeness (QED) is 0.646. The van der Waals surface area contributed by atoms with Gasteiger partial charge in [-0.1, -0.05) is 5.16 Å². The van der Waals surface area contributed by atoms with E-state index in [2.05, 4.69) is 5.16 Å². The molecule has 0 fully saturated rings. The van der Waals surface area contributed by atoms with E-state index in [1.807, 2.05) is 24.8 Å². The van der Waals surface area contributed by atoms with Crippen LogP contribution >= 0.6 is 0 Å². The number of ether oxygens (including phenoxy) is 1. The molecule has 1 aromatic heterocycles. The van der Waals surface area contributed by atoms with Gasteiger partial charge in [-0.3, -0.25) is 15.0 Å². The molecule has 1 N–H and O–H groups in total. The fourth-order valence-electron chi connectivity index (χ4n) is 3.84. The molecule has 2 aromatic rings. The van der Waals surface area contributed by atoms with E-state index < -0.39 is 4.92 Å². The minimum absolute atomic E-state index is 0.0667. The van der Waals surface area contributed by atoms with Crippen LogP contribution in [0.1, 0.15) is 42.7 Å². The van der Waals surface area contributed by atoms with Crippen molar-refractivity contribution in [3.05, 3.63) is 51.3 Å². The summed E-state index contributed by atoms with van der Waals surface area (Å²) in [6.45, 7) is 4.20. The van der Waals surface area contributed by atoms with E-state index in [0.717, 1.165) is 16.8 Å². The molecule has 1 aromatic carbocycles. The average Bonchev–Trinajstić information content (AvgIpc) is 3.25. The molecule has 0 spiro atoms. The smallest absolute Gasteiger partial charge is 0.433 e. The first-order valence-corrected chi connectivity index (χ1v) is 8.50. The molecule has 9 nitrogen and oxygen atoms in total. The maximum Gasteiger partial charge on any atom is 0.433 e. The van der Waals surface area contributed by atoms with Gasteiger partial charge in [-0.25, -0.2) is 0 Å². The molecule has 0 saturated heterocycles. The topological polar surface area (TPSA) is 111 Å². The second-order valence-electron chi connectivity index (χ2n) is 6.70. The molecule has 0 saturated carbocycles. The third-order valence-electron chi connectivity index (χ3n) is 5.20. The van der Waals surface area contributed by atoms with Crippen LogP contribution in [0.15, 0.2) is 33.8 Å². The monoisotopic (exact) mass is 373 g/mol. The molecular formula is C18H19N3O6. The van der Waals surface area contributed by atoms with Crippen LogP contribution in [0.2, 0.25) is 0 Å². The van der Waals surface area contributed by atoms with E-state index in [9.17, 15) is 15.2 Å². The van der Waals surface area contributed by atoms with E-state index in [1.54, 1.807) is 12.1 Å². The highest BCUT2D eigenvalue weighted by Crippen LogP contribution is 2.47. The van der Waals surface area contributed by atoms with Gasteiger partial charge < -0.3 is 19.1 Å². The first-order chi connectivity index (χ1) is 12.9. The standard InChI is InChI=1S/C18H19N3O6/c1-9-17-13-6-14(22)15(25-3)7-12(13)10(2)20(18(17)27-19-9)8-11-4-5-16(26-11)21(23)24/h4-7,10,17-18,22H,8H2,1-3H3/t10-,17-,18-/m1/s1. The van der Waals surface area contributed by atoms with Crippen LogP contribution in [0.25, 0.3) is 0 Å². The molecule has 4 rings (SSSR count). The molecule has 2 aliphatic heterocycles. The second kappa shape index (κ2) is 6.27. The predicted molar refractivity (Wildman–Crippen MR) is 94.7 cm³/mol. The molecule has 0 unspecified atom stereocenters. The fraction of sp³-hybridized carbons (Fsp3) is 0.389. The number of hydrogen-bond acceptors (Lipinski definition) is 8. The van der Waals surface area contributed by atoms with Crippen molar-refractivity contribution in [2.24, 2.45) is 5.16 Å². The molecule has 9 heteroatoms. The van der Waals surface area contributed by atoms with Gasteiger partial charge in [0.05, 0.1) is 31.4 Å². The number of nitrogens with zero attached hydrogens (tertiary/aromatic N) is 3. The van der Waals surface area contributed by atoms with Crippen LogP contribution < -0.4 is 4.74 Å². The Kier molecular flexibility index (Phi) is 4.03. The number of benzene rings is 1. The summed E-state index contributed by atoms with van der Waals surface area (Å²) in [4.78, 5) is 18.0. The Bertz CT molecular complexity index is 937. The van der Waals surface area contributed by atoms with E-state index >= 15 is 0 Å². The van der Waals surface area contributed by atoms with Crippen LogP contribution in [0, 0.1) is 10.1 Å². The molecule has 3 atom stereocenters. The van der Waals surface area contributed by atoms with Crippen molar-refractivity contribution in [2.45, 2.75) is 38.6 Å². The van der Waals surface area contributed by atoms with Crippen molar-refractivity contribution in [3.8, 4) is 11.5 Å². The van der Waals surface area contributed by atoms with Gasteiger partial charge in [0.25, 0.3) is 0 Å². The first kappa shape index (κ1) is 17.3. The Morgan fingerprint density at radius 1 is 1.37 bits per heavy atom. The predicted octanol–water partition coefficient (Wildman–Crippen LogP) is 3.29. The number of nitro groups is 1. The highest BCUT2D eigenvalue weighted by molar-refractivity contribution is 5.91. The lowest BCUT2D eigenvalue weighted by Gasteiger charge is -2.41. The van der Waals surface area contributed by atoms with Crippen LogP contribution in [0.4, 0.5) is 5.88 Å². The zero-order valence-corrected chi connectivity index (χ0v) is 15.1. The second-order valence-corrected chi connectivity index (χ2v) is 6.70. The van der Waals surface area contributed by atoms with Crippen molar-refractivity contribution in [3.63, 3.8) is 0 Å². The SMILES string of the molecule is COc1cc2c(cc1O)[C@H]1C(C)=NO[C@H]1N(Cc1ccc([N+](=O)[O-])o1)[C@@H]2C. The van der Waals surface area contributed by atoms with Gasteiger partial charge in [0, 0.05) is 6.04 Å². The van der Waals surface area contributed by atoms with E-state index in [-0.39, 0.29) is 29.8 Å². The number of furan rings is 1. The van der Waals surface area contributed by atoms with Gasteiger partial charge in [0.1, 0.15) is 10.7 Å². The van der Waals surface area contributed by atoms with Crippen LogP contribution in [0.3, 0.4) is 0 Å². The van der Waals surface area contributed by atoms with Gasteiger partial charge in [-0.05, 0) is 43.2 Å². The lowest BCUT2D eigenvalue weighted by molar-refractivity contribution is -0.402. The molecule has 0 aliphatic carbocycles. The summed E-state index contributed by atoms with van der Waals surface area (Å²) >= 11 is 0. The number of rotatable bonds is 4. The summed E-state index contributed by atoms with van der Waals surface area (Å²) in [5.74, 6) is 0.476. The Labute approximate surface area is 154 Å². The Balaban J connectivity index is 1.74. The van der Waals surface area contributed by atoms with E-state index in [1.165, 1.54) is 13.2 Å². The van der Waals surface area contributed by atoms with Crippen LogP contribution in [0.5, 0.6) is 11.5 Å². The zero-order valence-electron chi connectivity index (χ0n) is 15.1. The van der Waals surface area contributed by atoms with Crippen LogP contribution in [-0.4, -0.2) is 34.0 Å². The fourth-order valence-corrected chi connectivity index (χ4v) is 3.84. The van der Waals surface area contributed by atoms with Crippen molar-refractivity contribution in [2.75, 3.05) is 7.11 Å². The van der Waals surface area contributed by atoms with Gasteiger partial charge in [0.2, 0.25) is 0 Å². The zero-order chi connectivity index (χ0) is 19.3. The summed E-state index contributed by atoms with van der Waals surface area (Å²) < 4.78 is 10.6. The van der Waals surface area contributed by atoms with Gasteiger partial charge in [0.15, 0.2) is 17.7 Å². The molecule has 0 radical (unpaired) electrons. The summed E-state index contributed by atoms with van der Waals surface area (Å²) in [5, 5.41) is 25.2. The van der Waals surface area contributed by atoms with Gasteiger partial charge >= 0.3 is 5.88 Å². The van der Waals surface area contributed by atoms with Crippen LogP contribution in [-0.2, 0) is 11.4 Å². The highest BCUT2D eigenvalue weighted by atomic mass is 16.7. The molecule has 3 heterocycles. The maximum absolute atomic E-state index is 10.9. The maximum atomic E-state index is 10.9. The summed E-state index contributed by atoms with van der Waals surface area (Å²) in [5.41, 5.74) is 2.71. The Morgan fingerprint density at radius 2 is 2.15 bits per heavy atom. The molecule has 0 amide bonds. The number of aromatic hydroxyl groups is 1. The molecular weight excluding hydrogens is 354 g/mol. The average molecular weight is 373 g/mol. The molecule has 142 valence electrons. The number of phenols is 1. The first-order valence-electron chi connectivity index (χ1n) is 8.50. The number of hydrogen-bond donors (Lipinski definition) is 1. The van der Waals surface area contributed by atoms with E-state index in [0.29, 0.717) is 18.1 Å². The number of oxime groups is 1. The van der Waals surface area contributed by atoms with Crippen molar-refractivity contribution in [1.29, 1.82) is 0 Å². The number of fused-ring (bicyclic) bond motifs is 3. The minimum Gasteiger partial charge on any atom is -0.504 e. The Morgan fingerprint density at radius 3 is 2.81 bits per heavy atom. The van der Waals surface area contributed by atoms with Crippen molar-refractivity contribution in [1.82, 2.24) is 4.90 Å². The normalized spacial score (nSPS) is 24.0. The molecule has 2 aliphatic rings. The molecule has 27 heavy (non-hydrogen) atoms. The number of phenolic OH excluding ortho intramolecular Hbond substituents is 1. The third-order valence-corrected chi connectivity index (χ3v) is 5.20. The minimum atomic E-state index is -0.561. The summed E-state index contributed by atoms with van der Waals surface area (Å²) in [7, 11) is 1.50. The summed E-state index contributed by atoms with van der Waals surface area (Å²) in [6, 6.07) is 6.34. The molecule has 0 bridgehead atoms. The Hall–Kier alpha value is -3.07. The van der Waals surface area contributed by atoms with Gasteiger partial charge in [-0.15, -0.1) is 0 Å². The van der Waals surface area contributed by atoms with Crippen molar-refractivity contribution < 1.29 is 24.0 Å². The van der Waals surface area contributed by atoms with Gasteiger partial charge in [-0.2, -0.15) is 0 Å². The lowest BCUT2D eigenvalue weighted by atomic mass is 9.82. The lowest BCUT2D eigenvalue weighted by Crippen LogP contribution is -2.45. The summed E-state index contributed by atoms with van der Waals surface area (Å²) in [6.07, 6.45) is -0.385. The van der Waals surface area contributed by atoms with E-state index in [4.69, 9.17) is 14.0 Å². The highest BCUT2D eigenvalue weighted by Gasteiger charge is 2.46. The van der Waals surface area contributed by atoms with Crippen molar-refractivity contribution >= 4 is 11.6 Å². The third kappa shape index (κ3) is 2.71. The largest absolute Gasteiger partial charge is 0.504 e. The number of methoxy groups -OCH3 is 1.